The summed E-state index contributed by atoms with van der Waals surface area (Å²) in [7, 11) is 0. The number of halogens is 2. The van der Waals surface area contributed by atoms with Crippen molar-refractivity contribution in [1.82, 2.24) is 4.98 Å². The number of nitrogens with zero attached hydrogens (tertiary/aromatic N) is 2. The van der Waals surface area contributed by atoms with Crippen LogP contribution < -0.4 is 5.32 Å². The molecule has 0 spiro atoms. The SMILES string of the molecule is Cc1c(I)cccc1Nc1cc(C#N)cc(Cl)n1. The van der Waals surface area contributed by atoms with Gasteiger partial charge in [0.2, 0.25) is 0 Å². The highest BCUT2D eigenvalue weighted by molar-refractivity contribution is 14.1. The molecule has 0 amide bonds. The number of anilines is 2. The molecule has 1 aromatic carbocycles. The van der Waals surface area contributed by atoms with Gasteiger partial charge in [0.05, 0.1) is 11.6 Å². The minimum atomic E-state index is 0.305. The Bertz CT molecular complexity index is 635. The van der Waals surface area contributed by atoms with Gasteiger partial charge in [-0.15, -0.1) is 0 Å². The lowest BCUT2D eigenvalue weighted by Gasteiger charge is -2.10. The molecular weight excluding hydrogens is 361 g/mol. The van der Waals surface area contributed by atoms with E-state index in [4.69, 9.17) is 16.9 Å². The molecule has 3 nitrogen and oxygen atoms in total. The minimum absolute atomic E-state index is 0.305. The monoisotopic (exact) mass is 369 g/mol. The molecule has 1 heterocycles. The van der Waals surface area contributed by atoms with Gasteiger partial charge in [-0.3, -0.25) is 0 Å². The second kappa shape index (κ2) is 5.55. The van der Waals surface area contributed by atoms with E-state index in [-0.39, 0.29) is 0 Å². The Morgan fingerprint density at radius 2 is 2.17 bits per heavy atom. The Morgan fingerprint density at radius 1 is 1.39 bits per heavy atom. The van der Waals surface area contributed by atoms with E-state index in [1.54, 1.807) is 6.07 Å². The summed E-state index contributed by atoms with van der Waals surface area (Å²) in [5, 5.41) is 12.4. The van der Waals surface area contributed by atoms with Gasteiger partial charge in [0.15, 0.2) is 0 Å². The smallest absolute Gasteiger partial charge is 0.133 e. The van der Waals surface area contributed by atoms with Crippen molar-refractivity contribution in [2.24, 2.45) is 0 Å². The second-order valence-corrected chi connectivity index (χ2v) is 5.26. The summed E-state index contributed by atoms with van der Waals surface area (Å²) in [6, 6.07) is 11.2. The number of nitrogens with one attached hydrogen (secondary N) is 1. The van der Waals surface area contributed by atoms with E-state index in [0.29, 0.717) is 16.5 Å². The highest BCUT2D eigenvalue weighted by Gasteiger charge is 2.05. The number of aromatic nitrogens is 1. The first-order valence-corrected chi connectivity index (χ1v) is 6.65. The van der Waals surface area contributed by atoms with E-state index in [1.807, 2.05) is 25.1 Å². The molecule has 5 heteroatoms. The van der Waals surface area contributed by atoms with Crippen molar-refractivity contribution in [2.75, 3.05) is 5.32 Å². The van der Waals surface area contributed by atoms with Crippen LogP contribution in [-0.2, 0) is 0 Å². The molecule has 2 rings (SSSR count). The van der Waals surface area contributed by atoms with Gasteiger partial charge in [-0.05, 0) is 59.3 Å². The Morgan fingerprint density at radius 3 is 2.89 bits per heavy atom. The molecule has 0 unspecified atom stereocenters. The zero-order valence-corrected chi connectivity index (χ0v) is 12.5. The number of nitriles is 1. The van der Waals surface area contributed by atoms with Gasteiger partial charge in [-0.25, -0.2) is 4.98 Å². The predicted octanol–water partition coefficient (Wildman–Crippen LogP) is 4.26. The molecule has 0 aliphatic carbocycles. The lowest BCUT2D eigenvalue weighted by Crippen LogP contribution is -1.97. The van der Waals surface area contributed by atoms with Crippen LogP contribution in [0.4, 0.5) is 11.5 Å². The number of benzene rings is 1. The number of hydrogen-bond acceptors (Lipinski definition) is 3. The molecule has 0 saturated heterocycles. The maximum atomic E-state index is 8.89. The van der Waals surface area contributed by atoms with Crippen LogP contribution in [0.15, 0.2) is 30.3 Å². The van der Waals surface area contributed by atoms with Gasteiger partial charge in [0.1, 0.15) is 11.0 Å². The van der Waals surface area contributed by atoms with Crippen molar-refractivity contribution >= 4 is 45.7 Å². The standard InChI is InChI=1S/C13H9ClIN3/c1-8-10(15)3-2-4-11(8)17-13-6-9(7-16)5-12(14)18-13/h2-6H,1H3,(H,17,18). The van der Waals surface area contributed by atoms with Gasteiger partial charge in [-0.2, -0.15) is 5.26 Å². The van der Waals surface area contributed by atoms with Crippen LogP contribution in [-0.4, -0.2) is 4.98 Å². The first-order chi connectivity index (χ1) is 8.60. The first-order valence-electron chi connectivity index (χ1n) is 5.20. The Hall–Kier alpha value is -1.32. The maximum Gasteiger partial charge on any atom is 0.133 e. The number of hydrogen-bond donors (Lipinski definition) is 1. The van der Waals surface area contributed by atoms with E-state index in [9.17, 15) is 0 Å². The van der Waals surface area contributed by atoms with Crippen molar-refractivity contribution in [1.29, 1.82) is 5.26 Å². The molecule has 0 radical (unpaired) electrons. The fourth-order valence-corrected chi connectivity index (χ4v) is 2.21. The largest absolute Gasteiger partial charge is 0.340 e. The van der Waals surface area contributed by atoms with E-state index in [2.05, 4.69) is 39.0 Å². The third-order valence-electron chi connectivity index (χ3n) is 2.45. The van der Waals surface area contributed by atoms with Gasteiger partial charge in [-0.1, -0.05) is 17.7 Å². The first kappa shape index (κ1) is 13.1. The van der Waals surface area contributed by atoms with Crippen molar-refractivity contribution < 1.29 is 0 Å². The van der Waals surface area contributed by atoms with Crippen LogP contribution in [0, 0.1) is 21.8 Å². The Labute approximate surface area is 124 Å². The molecular formula is C13H9ClIN3. The average molecular weight is 370 g/mol. The van der Waals surface area contributed by atoms with Gasteiger partial charge >= 0.3 is 0 Å². The predicted molar refractivity (Wildman–Crippen MR) is 81.1 cm³/mol. The zero-order valence-electron chi connectivity index (χ0n) is 9.54. The highest BCUT2D eigenvalue weighted by atomic mass is 127. The van der Waals surface area contributed by atoms with Crippen LogP contribution in [0.5, 0.6) is 0 Å². The summed E-state index contributed by atoms with van der Waals surface area (Å²) in [4.78, 5) is 4.15. The Kier molecular flexibility index (Phi) is 4.04. The molecule has 1 N–H and O–H groups in total. The summed E-state index contributed by atoms with van der Waals surface area (Å²) in [6.45, 7) is 2.03. The van der Waals surface area contributed by atoms with E-state index in [1.165, 1.54) is 9.64 Å². The molecule has 1 aromatic heterocycles. The third-order valence-corrected chi connectivity index (χ3v) is 3.82. The molecule has 0 aliphatic heterocycles. The third kappa shape index (κ3) is 2.92. The summed E-state index contributed by atoms with van der Waals surface area (Å²) in [6.07, 6.45) is 0. The summed E-state index contributed by atoms with van der Waals surface area (Å²) < 4.78 is 1.17. The summed E-state index contributed by atoms with van der Waals surface area (Å²) in [5.74, 6) is 0.573. The van der Waals surface area contributed by atoms with Gasteiger partial charge < -0.3 is 5.32 Å². The van der Waals surface area contributed by atoms with Crippen LogP contribution in [0.3, 0.4) is 0 Å². The molecule has 90 valence electrons. The normalized spacial score (nSPS) is 9.89. The van der Waals surface area contributed by atoms with Crippen molar-refractivity contribution in [3.8, 4) is 6.07 Å². The fourth-order valence-electron chi connectivity index (χ4n) is 1.51. The van der Waals surface area contributed by atoms with Gasteiger partial charge in [0.25, 0.3) is 0 Å². The molecule has 0 bridgehead atoms. The fraction of sp³-hybridized carbons (Fsp3) is 0.0769. The van der Waals surface area contributed by atoms with Crippen molar-refractivity contribution in [2.45, 2.75) is 6.92 Å². The molecule has 0 atom stereocenters. The van der Waals surface area contributed by atoms with Crippen LogP contribution in [0.1, 0.15) is 11.1 Å². The maximum absolute atomic E-state index is 8.89. The van der Waals surface area contributed by atoms with Crippen LogP contribution in [0.25, 0.3) is 0 Å². The highest BCUT2D eigenvalue weighted by Crippen LogP contribution is 2.24. The van der Waals surface area contributed by atoms with E-state index >= 15 is 0 Å². The quantitative estimate of drug-likeness (QED) is 0.635. The molecule has 2 aromatic rings. The van der Waals surface area contributed by atoms with E-state index in [0.717, 1.165) is 11.3 Å². The Balaban J connectivity index is 2.37. The topological polar surface area (TPSA) is 48.7 Å². The molecule has 18 heavy (non-hydrogen) atoms. The van der Waals surface area contributed by atoms with Crippen molar-refractivity contribution in [3.05, 3.63) is 50.2 Å². The van der Waals surface area contributed by atoms with E-state index < -0.39 is 0 Å². The molecule has 0 fully saturated rings. The average Bonchev–Trinajstić information content (AvgIpc) is 2.34. The number of pyridine rings is 1. The lowest BCUT2D eigenvalue weighted by molar-refractivity contribution is 1.28. The zero-order chi connectivity index (χ0) is 13.1. The minimum Gasteiger partial charge on any atom is -0.340 e. The van der Waals surface area contributed by atoms with Gasteiger partial charge in [0, 0.05) is 9.26 Å². The molecule has 0 saturated carbocycles. The second-order valence-electron chi connectivity index (χ2n) is 3.71. The lowest BCUT2D eigenvalue weighted by atomic mass is 10.2. The summed E-state index contributed by atoms with van der Waals surface area (Å²) in [5.41, 5.74) is 2.58. The number of rotatable bonds is 2. The van der Waals surface area contributed by atoms with Crippen LogP contribution in [0.2, 0.25) is 5.15 Å². The summed E-state index contributed by atoms with van der Waals surface area (Å²) >= 11 is 8.14. The van der Waals surface area contributed by atoms with Crippen LogP contribution >= 0.6 is 34.2 Å². The molecule has 0 aliphatic rings. The van der Waals surface area contributed by atoms with Crippen molar-refractivity contribution in [3.63, 3.8) is 0 Å².